The van der Waals surface area contributed by atoms with Gasteiger partial charge >= 0.3 is 0 Å². The first kappa shape index (κ1) is 25.1. The van der Waals surface area contributed by atoms with E-state index >= 15 is 0 Å². The maximum Gasteiger partial charge on any atom is 0.162 e. The van der Waals surface area contributed by atoms with Crippen LogP contribution in [0.1, 0.15) is 64.9 Å². The molecule has 3 aliphatic rings. The molecular formula is C28H29ClNO5-. The largest absolute Gasteiger partial charge is 0.548 e. The quantitative estimate of drug-likeness (QED) is 0.579. The van der Waals surface area contributed by atoms with Gasteiger partial charge in [0.15, 0.2) is 11.6 Å². The Morgan fingerprint density at radius 3 is 2.09 bits per heavy atom. The lowest BCUT2D eigenvalue weighted by Crippen LogP contribution is -2.47. The van der Waals surface area contributed by atoms with Crippen molar-refractivity contribution >= 4 is 29.1 Å². The second-order valence-corrected chi connectivity index (χ2v) is 11.6. The van der Waals surface area contributed by atoms with Gasteiger partial charge in [-0.3, -0.25) is 9.59 Å². The van der Waals surface area contributed by atoms with Crippen LogP contribution in [0.25, 0.3) is 0 Å². The molecule has 1 aliphatic heterocycles. The lowest BCUT2D eigenvalue weighted by Gasteiger charge is -2.49. The van der Waals surface area contributed by atoms with Gasteiger partial charge in [0, 0.05) is 41.3 Å². The fourth-order valence-electron chi connectivity index (χ4n) is 5.63. The number of aliphatic carboxylic acids is 1. The van der Waals surface area contributed by atoms with Gasteiger partial charge in [-0.1, -0.05) is 51.3 Å². The average molecular weight is 495 g/mol. The molecule has 0 bridgehead atoms. The summed E-state index contributed by atoms with van der Waals surface area (Å²) in [6, 6.07) is 5.20. The van der Waals surface area contributed by atoms with Gasteiger partial charge in [-0.25, -0.2) is 0 Å². The second kappa shape index (κ2) is 8.87. The minimum absolute atomic E-state index is 0.0619. The fraction of sp³-hybridized carbons (Fsp3) is 0.464. The third-order valence-electron chi connectivity index (χ3n) is 6.91. The number of carboxylic acid groups (broad SMARTS) is 1. The molecule has 0 fully saturated rings. The summed E-state index contributed by atoms with van der Waals surface area (Å²) in [7, 11) is 0. The van der Waals surface area contributed by atoms with E-state index in [0.717, 1.165) is 0 Å². The molecule has 4 rings (SSSR count). The van der Waals surface area contributed by atoms with E-state index in [1.54, 1.807) is 23.1 Å². The highest BCUT2D eigenvalue weighted by Crippen LogP contribution is 2.54. The Labute approximate surface area is 211 Å². The van der Waals surface area contributed by atoms with Crippen LogP contribution in [-0.4, -0.2) is 35.6 Å². The number of allylic oxidation sites excluding steroid dienone is 4. The molecule has 6 nitrogen and oxygen atoms in total. The number of hydrogen-bond acceptors (Lipinski definition) is 6. The monoisotopic (exact) mass is 494 g/mol. The molecule has 1 aromatic rings. The zero-order chi connectivity index (χ0) is 25.7. The first-order chi connectivity index (χ1) is 16.3. The van der Waals surface area contributed by atoms with Crippen LogP contribution in [0, 0.1) is 23.2 Å². The maximum absolute atomic E-state index is 13.6. The zero-order valence-corrected chi connectivity index (χ0v) is 21.3. The molecular weight excluding hydrogens is 466 g/mol. The van der Waals surface area contributed by atoms with Gasteiger partial charge < -0.3 is 19.5 Å². The van der Waals surface area contributed by atoms with Crippen molar-refractivity contribution in [1.82, 2.24) is 4.90 Å². The highest BCUT2D eigenvalue weighted by atomic mass is 35.5. The number of rotatable bonds is 5. The van der Waals surface area contributed by atoms with Crippen LogP contribution in [0.5, 0.6) is 5.75 Å². The number of ether oxygens (including phenoxy) is 1. The van der Waals surface area contributed by atoms with Crippen LogP contribution < -0.4 is 9.84 Å². The van der Waals surface area contributed by atoms with Crippen molar-refractivity contribution < 1.29 is 24.2 Å². The number of benzene rings is 1. The van der Waals surface area contributed by atoms with Crippen LogP contribution in [0.15, 0.2) is 40.7 Å². The molecule has 7 heteroatoms. The smallest absolute Gasteiger partial charge is 0.162 e. The third-order valence-corrected chi connectivity index (χ3v) is 7.20. The summed E-state index contributed by atoms with van der Waals surface area (Å²) in [5.74, 6) is 0.765. The summed E-state index contributed by atoms with van der Waals surface area (Å²) < 4.78 is 5.49. The topological polar surface area (TPSA) is 86.7 Å². The molecule has 1 aromatic carbocycles. The highest BCUT2D eigenvalue weighted by molar-refractivity contribution is 6.32. The number of carbonyl (C=O) groups is 3. The summed E-state index contributed by atoms with van der Waals surface area (Å²) in [6.07, 6.45) is 6.93. The molecule has 0 atom stereocenters. The maximum atomic E-state index is 13.6. The molecule has 0 radical (unpaired) electrons. The molecule has 184 valence electrons. The Morgan fingerprint density at radius 2 is 1.63 bits per heavy atom. The van der Waals surface area contributed by atoms with Gasteiger partial charge in [-0.2, -0.15) is 0 Å². The minimum atomic E-state index is -1.26. The van der Waals surface area contributed by atoms with Crippen molar-refractivity contribution in [2.75, 3.05) is 13.2 Å². The predicted octanol–water partition coefficient (Wildman–Crippen LogP) is 3.79. The van der Waals surface area contributed by atoms with Crippen LogP contribution in [-0.2, 0) is 14.4 Å². The van der Waals surface area contributed by atoms with E-state index in [0.29, 0.717) is 64.6 Å². The SMILES string of the molecule is C#CCOc1ccc(C2C3=C(CC(C)(C)CC3=O)N(CC(=O)[O-])C3=C2C(=O)CC(C)(C)C3)cc1Cl. The van der Waals surface area contributed by atoms with E-state index in [2.05, 4.69) is 5.92 Å². The Balaban J connectivity index is 1.96. The number of halogens is 1. The summed E-state index contributed by atoms with van der Waals surface area (Å²) >= 11 is 6.50. The zero-order valence-electron chi connectivity index (χ0n) is 20.5. The molecule has 0 spiro atoms. The van der Waals surface area contributed by atoms with Gasteiger partial charge in [-0.15, -0.1) is 6.42 Å². The van der Waals surface area contributed by atoms with Gasteiger partial charge in [0.1, 0.15) is 12.4 Å². The van der Waals surface area contributed by atoms with E-state index in [1.165, 1.54) is 0 Å². The van der Waals surface area contributed by atoms with Crippen LogP contribution in [0.4, 0.5) is 0 Å². The number of carbonyl (C=O) groups excluding carboxylic acids is 3. The Bertz CT molecular complexity index is 1180. The standard InChI is InChI=1S/C28H30ClNO5/c1-6-9-35-22-8-7-16(10-17(22)29)24-25-18(11-27(2,3)13-20(25)31)30(15-23(33)34)19-12-28(4,5)14-21(32)26(19)24/h1,7-8,10,24H,9,11-15H2,2-5H3,(H,33,34)/p-1. The molecule has 35 heavy (non-hydrogen) atoms. The van der Waals surface area contributed by atoms with Crippen molar-refractivity contribution in [1.29, 1.82) is 0 Å². The molecule has 0 amide bonds. The van der Waals surface area contributed by atoms with Crippen molar-refractivity contribution in [3.05, 3.63) is 51.3 Å². The summed E-state index contributed by atoms with van der Waals surface area (Å²) in [4.78, 5) is 40.7. The summed E-state index contributed by atoms with van der Waals surface area (Å²) in [5.41, 5.74) is 2.28. The van der Waals surface area contributed by atoms with E-state index in [9.17, 15) is 19.5 Å². The number of nitrogens with zero attached hydrogens (tertiary/aromatic N) is 1. The fourth-order valence-corrected chi connectivity index (χ4v) is 5.88. The van der Waals surface area contributed by atoms with E-state index in [4.69, 9.17) is 22.8 Å². The van der Waals surface area contributed by atoms with Gasteiger partial charge in [-0.05, 0) is 41.4 Å². The molecule has 0 saturated carbocycles. The molecule has 0 unspecified atom stereocenters. The van der Waals surface area contributed by atoms with Gasteiger partial charge in [0.25, 0.3) is 0 Å². The van der Waals surface area contributed by atoms with Crippen LogP contribution in [0.2, 0.25) is 5.02 Å². The van der Waals surface area contributed by atoms with E-state index in [1.807, 2.05) is 27.7 Å². The lowest BCUT2D eigenvalue weighted by atomic mass is 9.63. The lowest BCUT2D eigenvalue weighted by molar-refractivity contribution is -0.305. The van der Waals surface area contributed by atoms with Gasteiger partial charge in [0.05, 0.1) is 17.5 Å². The number of Topliss-reactive ketones (excluding diaryl/α,β-unsaturated/α-hetero) is 2. The van der Waals surface area contributed by atoms with Crippen LogP contribution >= 0.6 is 11.6 Å². The minimum Gasteiger partial charge on any atom is -0.548 e. The van der Waals surface area contributed by atoms with E-state index in [-0.39, 0.29) is 29.0 Å². The number of carboxylic acids is 1. The average Bonchev–Trinajstić information content (AvgIpc) is 2.72. The molecule has 2 aliphatic carbocycles. The Morgan fingerprint density at radius 1 is 1.09 bits per heavy atom. The predicted molar refractivity (Wildman–Crippen MR) is 130 cm³/mol. The normalized spacial score (nSPS) is 21.4. The van der Waals surface area contributed by atoms with Gasteiger partial charge in [0.2, 0.25) is 0 Å². The Hall–Kier alpha value is -3.04. The molecule has 0 saturated heterocycles. The summed E-state index contributed by atoms with van der Waals surface area (Å²) in [6.45, 7) is 7.64. The van der Waals surface area contributed by atoms with Crippen molar-refractivity contribution in [2.45, 2.75) is 59.3 Å². The molecule has 0 N–H and O–H groups in total. The first-order valence-electron chi connectivity index (χ1n) is 11.7. The highest BCUT2D eigenvalue weighted by Gasteiger charge is 2.49. The van der Waals surface area contributed by atoms with Crippen molar-refractivity contribution in [3.63, 3.8) is 0 Å². The first-order valence-corrected chi connectivity index (χ1v) is 12.1. The number of ketones is 2. The molecule has 1 heterocycles. The van der Waals surface area contributed by atoms with Crippen LogP contribution in [0.3, 0.4) is 0 Å². The summed E-state index contributed by atoms with van der Waals surface area (Å²) in [5, 5.41) is 12.1. The Kier molecular flexibility index (Phi) is 6.36. The molecule has 0 aromatic heterocycles. The van der Waals surface area contributed by atoms with E-state index < -0.39 is 18.4 Å². The van der Waals surface area contributed by atoms with Crippen molar-refractivity contribution in [3.8, 4) is 18.1 Å². The van der Waals surface area contributed by atoms with Crippen molar-refractivity contribution in [2.24, 2.45) is 10.8 Å². The number of terminal acetylenes is 1. The number of hydrogen-bond donors (Lipinski definition) is 0. The third kappa shape index (κ3) is 4.75. The second-order valence-electron chi connectivity index (χ2n) is 11.2.